The third-order valence-corrected chi connectivity index (χ3v) is 4.27. The Morgan fingerprint density at radius 3 is 2.52 bits per heavy atom. The van der Waals surface area contributed by atoms with Crippen LogP contribution in [0, 0.1) is 0 Å². The molecule has 0 radical (unpaired) electrons. The third kappa shape index (κ3) is 3.22. The molecule has 25 heavy (non-hydrogen) atoms. The van der Waals surface area contributed by atoms with Crippen molar-refractivity contribution in [2.75, 3.05) is 19.7 Å². The molecule has 7 heteroatoms. The van der Waals surface area contributed by atoms with Gasteiger partial charge in [-0.1, -0.05) is 36.4 Å². The van der Waals surface area contributed by atoms with Crippen molar-refractivity contribution in [3.05, 3.63) is 64.7 Å². The number of para-hydroxylation sites is 1. The van der Waals surface area contributed by atoms with E-state index < -0.39 is 17.3 Å². The lowest BCUT2D eigenvalue weighted by molar-refractivity contribution is -0.139. The van der Waals surface area contributed by atoms with Gasteiger partial charge >= 0.3 is 6.18 Å². The fourth-order valence-electron chi connectivity index (χ4n) is 3.12. The van der Waals surface area contributed by atoms with Crippen molar-refractivity contribution in [3.63, 3.8) is 0 Å². The zero-order valence-corrected chi connectivity index (χ0v) is 13.3. The normalized spacial score (nSPS) is 19.6. The van der Waals surface area contributed by atoms with Gasteiger partial charge in [-0.25, -0.2) is 0 Å². The second kappa shape index (κ2) is 6.67. The molecule has 1 aliphatic heterocycles. The van der Waals surface area contributed by atoms with E-state index in [-0.39, 0.29) is 37.6 Å². The van der Waals surface area contributed by atoms with Gasteiger partial charge in [0.1, 0.15) is 18.0 Å². The Kier molecular flexibility index (Phi) is 4.73. The molecule has 1 unspecified atom stereocenters. The summed E-state index contributed by atoms with van der Waals surface area (Å²) >= 11 is 0. The molecule has 1 aliphatic rings. The predicted molar refractivity (Wildman–Crippen MR) is 85.2 cm³/mol. The standard InChI is InChI=1S/C18H18F3NO3/c19-18(20,21)15-7-3-6-14-16(15)25-10-12-4-1-2-5-13(12)17(14,24)11-22-8-9-23/h1-7,22-24H,8-11H2. The molecule has 1 atom stereocenters. The van der Waals surface area contributed by atoms with Crippen LogP contribution in [0.3, 0.4) is 0 Å². The lowest BCUT2D eigenvalue weighted by Crippen LogP contribution is -2.40. The van der Waals surface area contributed by atoms with Gasteiger partial charge in [-0.3, -0.25) is 0 Å². The van der Waals surface area contributed by atoms with Crippen LogP contribution in [0.25, 0.3) is 0 Å². The van der Waals surface area contributed by atoms with Crippen LogP contribution >= 0.6 is 0 Å². The van der Waals surface area contributed by atoms with E-state index in [0.717, 1.165) is 6.07 Å². The Hall–Kier alpha value is -2.09. The SMILES string of the molecule is OCCNCC1(O)c2ccccc2COc2c(C(F)(F)F)cccc21. The average molecular weight is 353 g/mol. The van der Waals surface area contributed by atoms with Gasteiger partial charge in [0.25, 0.3) is 0 Å². The van der Waals surface area contributed by atoms with Crippen LogP contribution in [0.5, 0.6) is 5.75 Å². The number of hydrogen-bond donors (Lipinski definition) is 3. The second-order valence-electron chi connectivity index (χ2n) is 5.89. The van der Waals surface area contributed by atoms with E-state index in [4.69, 9.17) is 9.84 Å². The van der Waals surface area contributed by atoms with Crippen LogP contribution < -0.4 is 10.1 Å². The predicted octanol–water partition coefficient (Wildman–Crippen LogP) is 2.42. The lowest BCUT2D eigenvalue weighted by atomic mass is 9.83. The van der Waals surface area contributed by atoms with Crippen LogP contribution in [0.2, 0.25) is 0 Å². The first-order valence-corrected chi connectivity index (χ1v) is 7.84. The smallest absolute Gasteiger partial charge is 0.419 e. The number of aliphatic hydroxyl groups excluding tert-OH is 1. The molecule has 2 aromatic rings. The van der Waals surface area contributed by atoms with Crippen molar-refractivity contribution in [1.29, 1.82) is 0 Å². The molecule has 0 saturated heterocycles. The molecule has 0 aromatic heterocycles. The van der Waals surface area contributed by atoms with Gasteiger partial charge in [-0.05, 0) is 17.2 Å². The fraction of sp³-hybridized carbons (Fsp3) is 0.333. The monoisotopic (exact) mass is 353 g/mol. The van der Waals surface area contributed by atoms with Crippen molar-refractivity contribution >= 4 is 0 Å². The Bertz CT molecular complexity index is 763. The number of benzene rings is 2. The zero-order chi connectivity index (χ0) is 18.1. The highest BCUT2D eigenvalue weighted by Gasteiger charge is 2.43. The number of fused-ring (bicyclic) bond motifs is 2. The quantitative estimate of drug-likeness (QED) is 0.739. The molecule has 4 nitrogen and oxygen atoms in total. The topological polar surface area (TPSA) is 61.7 Å². The highest BCUT2D eigenvalue weighted by molar-refractivity contribution is 5.53. The molecule has 0 amide bonds. The summed E-state index contributed by atoms with van der Waals surface area (Å²) in [5.41, 5.74) is -1.48. The van der Waals surface area contributed by atoms with Crippen LogP contribution in [0.15, 0.2) is 42.5 Å². The molecule has 0 spiro atoms. The number of ether oxygens (including phenoxy) is 1. The Morgan fingerprint density at radius 2 is 1.80 bits per heavy atom. The highest BCUT2D eigenvalue weighted by Crippen LogP contribution is 2.46. The van der Waals surface area contributed by atoms with E-state index in [2.05, 4.69) is 5.32 Å². The van der Waals surface area contributed by atoms with Crippen molar-refractivity contribution in [2.24, 2.45) is 0 Å². The molecule has 1 heterocycles. The van der Waals surface area contributed by atoms with Gasteiger partial charge in [0.2, 0.25) is 0 Å². The van der Waals surface area contributed by atoms with E-state index in [1.54, 1.807) is 24.3 Å². The van der Waals surface area contributed by atoms with Gasteiger partial charge in [0, 0.05) is 18.7 Å². The molecule has 134 valence electrons. The van der Waals surface area contributed by atoms with Gasteiger partial charge in [0.05, 0.1) is 12.2 Å². The Labute approximate surface area is 142 Å². The summed E-state index contributed by atoms with van der Waals surface area (Å²) in [6.07, 6.45) is -4.60. The fourth-order valence-corrected chi connectivity index (χ4v) is 3.12. The molecule has 0 saturated carbocycles. The summed E-state index contributed by atoms with van der Waals surface area (Å²) in [6, 6.07) is 10.5. The molecule has 3 N–H and O–H groups in total. The highest BCUT2D eigenvalue weighted by atomic mass is 19.4. The molecule has 0 bridgehead atoms. The van der Waals surface area contributed by atoms with Crippen LogP contribution in [-0.4, -0.2) is 29.9 Å². The number of alkyl halides is 3. The minimum absolute atomic E-state index is 0.0533. The number of halogens is 3. The lowest BCUT2D eigenvalue weighted by Gasteiger charge is -2.31. The van der Waals surface area contributed by atoms with Gasteiger partial charge in [-0.2, -0.15) is 13.2 Å². The number of rotatable bonds is 4. The summed E-state index contributed by atoms with van der Waals surface area (Å²) in [5.74, 6) is -0.362. The Morgan fingerprint density at radius 1 is 1.08 bits per heavy atom. The molecule has 0 aliphatic carbocycles. The minimum Gasteiger partial charge on any atom is -0.488 e. The van der Waals surface area contributed by atoms with E-state index in [1.807, 2.05) is 0 Å². The summed E-state index contributed by atoms with van der Waals surface area (Å²) in [5, 5.41) is 23.2. The van der Waals surface area contributed by atoms with Crippen LogP contribution in [0.4, 0.5) is 13.2 Å². The molecule has 3 rings (SSSR count). The molecule has 0 fully saturated rings. The molecular weight excluding hydrogens is 335 g/mol. The van der Waals surface area contributed by atoms with Crippen LogP contribution in [-0.2, 0) is 18.4 Å². The van der Waals surface area contributed by atoms with Crippen molar-refractivity contribution in [2.45, 2.75) is 18.4 Å². The molecular formula is C18H18F3NO3. The number of nitrogens with one attached hydrogen (secondary N) is 1. The third-order valence-electron chi connectivity index (χ3n) is 4.27. The first-order valence-electron chi connectivity index (χ1n) is 7.84. The maximum absolute atomic E-state index is 13.4. The van der Waals surface area contributed by atoms with E-state index in [1.165, 1.54) is 12.1 Å². The van der Waals surface area contributed by atoms with Gasteiger partial charge in [-0.15, -0.1) is 0 Å². The summed E-state index contributed by atoms with van der Waals surface area (Å²) in [4.78, 5) is 0. The second-order valence-corrected chi connectivity index (χ2v) is 5.89. The summed E-state index contributed by atoms with van der Waals surface area (Å²) < 4.78 is 45.6. The van der Waals surface area contributed by atoms with Gasteiger partial charge in [0.15, 0.2) is 0 Å². The number of hydrogen-bond acceptors (Lipinski definition) is 4. The largest absolute Gasteiger partial charge is 0.488 e. The minimum atomic E-state index is -4.60. The van der Waals surface area contributed by atoms with E-state index >= 15 is 0 Å². The summed E-state index contributed by atoms with van der Waals surface area (Å²) in [7, 11) is 0. The zero-order valence-electron chi connectivity index (χ0n) is 13.3. The van der Waals surface area contributed by atoms with Crippen LogP contribution in [0.1, 0.15) is 22.3 Å². The first-order chi connectivity index (χ1) is 11.9. The van der Waals surface area contributed by atoms with E-state index in [0.29, 0.717) is 11.1 Å². The average Bonchev–Trinajstić information content (AvgIpc) is 2.70. The summed E-state index contributed by atoms with van der Waals surface area (Å²) in [6.45, 7) is -0.0654. The number of aliphatic hydroxyl groups is 2. The molecule has 2 aromatic carbocycles. The Balaban J connectivity index is 2.19. The van der Waals surface area contributed by atoms with Gasteiger partial charge < -0.3 is 20.3 Å². The first kappa shape index (κ1) is 17.7. The van der Waals surface area contributed by atoms with Crippen molar-refractivity contribution in [1.82, 2.24) is 5.32 Å². The maximum atomic E-state index is 13.4. The van der Waals surface area contributed by atoms with Crippen molar-refractivity contribution < 1.29 is 28.1 Å². The van der Waals surface area contributed by atoms with E-state index in [9.17, 15) is 18.3 Å². The van der Waals surface area contributed by atoms with Crippen molar-refractivity contribution in [3.8, 4) is 5.75 Å². The maximum Gasteiger partial charge on any atom is 0.419 e.